The number of aliphatic hydroxyl groups excluding tert-OH is 1. The van der Waals surface area contributed by atoms with E-state index in [0.717, 1.165) is 23.7 Å². The molecule has 6 nitrogen and oxygen atoms in total. The van der Waals surface area contributed by atoms with Crippen molar-refractivity contribution in [2.24, 2.45) is 5.92 Å². The number of hydrogen-bond donors (Lipinski definition) is 2. The van der Waals surface area contributed by atoms with E-state index in [1.54, 1.807) is 6.20 Å². The smallest absolute Gasteiger partial charge is 0.224 e. The Balaban J connectivity index is 1.59. The summed E-state index contributed by atoms with van der Waals surface area (Å²) in [6.07, 6.45) is 5.09. The minimum Gasteiger partial charge on any atom is -0.393 e. The molecule has 3 atom stereocenters. The van der Waals surface area contributed by atoms with E-state index in [1.807, 2.05) is 18.4 Å². The van der Waals surface area contributed by atoms with Crippen molar-refractivity contribution in [3.63, 3.8) is 0 Å². The van der Waals surface area contributed by atoms with Gasteiger partial charge in [-0.3, -0.25) is 9.78 Å². The highest BCUT2D eigenvalue weighted by atomic mass is 32.1. The first kappa shape index (κ1) is 18.9. The van der Waals surface area contributed by atoms with E-state index < -0.39 is 5.82 Å². The van der Waals surface area contributed by atoms with Gasteiger partial charge in [-0.1, -0.05) is 0 Å². The number of fused-ring (bicyclic) bond motifs is 1. The van der Waals surface area contributed by atoms with Crippen LogP contribution in [-0.4, -0.2) is 31.9 Å². The van der Waals surface area contributed by atoms with Crippen LogP contribution in [0, 0.1) is 11.7 Å². The second-order valence-electron chi connectivity index (χ2n) is 7.29. The number of aliphatic hydroxyl groups is 1. The maximum atomic E-state index is 13.4. The van der Waals surface area contributed by atoms with E-state index in [9.17, 15) is 14.3 Å². The summed E-state index contributed by atoms with van der Waals surface area (Å²) < 4.78 is 14.2. The zero-order valence-electron chi connectivity index (χ0n) is 15.4. The Morgan fingerprint density at radius 3 is 3.00 bits per heavy atom. The summed E-state index contributed by atoms with van der Waals surface area (Å²) in [6.45, 7) is 1.86. The van der Waals surface area contributed by atoms with Crippen molar-refractivity contribution in [3.05, 3.63) is 47.0 Å². The predicted molar refractivity (Wildman–Crippen MR) is 106 cm³/mol. The topological polar surface area (TPSA) is 88.0 Å². The maximum Gasteiger partial charge on any atom is 0.224 e. The highest BCUT2D eigenvalue weighted by molar-refractivity contribution is 7.17. The minimum atomic E-state index is -0.407. The molecule has 1 fully saturated rings. The molecule has 0 radical (unpaired) electrons. The number of ketones is 1. The van der Waals surface area contributed by atoms with Gasteiger partial charge in [0, 0.05) is 12.6 Å². The summed E-state index contributed by atoms with van der Waals surface area (Å²) in [5.74, 6) is 0.0886. The summed E-state index contributed by atoms with van der Waals surface area (Å²) in [6, 6.07) is 3.00. The molecule has 0 aliphatic heterocycles. The van der Waals surface area contributed by atoms with E-state index in [1.165, 1.54) is 17.4 Å². The monoisotopic (exact) mass is 400 g/mol. The van der Waals surface area contributed by atoms with Gasteiger partial charge in [-0.25, -0.2) is 14.4 Å². The number of rotatable bonds is 6. The lowest BCUT2D eigenvalue weighted by atomic mass is 9.99. The molecule has 3 aromatic heterocycles. The van der Waals surface area contributed by atoms with Gasteiger partial charge in [0.25, 0.3) is 0 Å². The van der Waals surface area contributed by atoms with Crippen LogP contribution in [0.25, 0.3) is 10.2 Å². The van der Waals surface area contributed by atoms with Crippen molar-refractivity contribution in [3.8, 4) is 0 Å². The van der Waals surface area contributed by atoms with Crippen molar-refractivity contribution in [2.45, 2.75) is 44.8 Å². The van der Waals surface area contributed by atoms with E-state index in [4.69, 9.17) is 0 Å². The Hall–Kier alpha value is -2.45. The third kappa shape index (κ3) is 4.02. The van der Waals surface area contributed by atoms with Crippen LogP contribution in [-0.2, 0) is 0 Å². The fourth-order valence-corrected chi connectivity index (χ4v) is 4.49. The lowest BCUT2D eigenvalue weighted by molar-refractivity contribution is 0.0954. The molecule has 0 amide bonds. The molecule has 0 aromatic carbocycles. The second-order valence-corrected chi connectivity index (χ2v) is 8.21. The molecule has 4 rings (SSSR count). The van der Waals surface area contributed by atoms with Gasteiger partial charge in [0.1, 0.15) is 11.5 Å². The number of nitrogens with one attached hydrogen (secondary N) is 1. The van der Waals surface area contributed by atoms with Gasteiger partial charge < -0.3 is 10.4 Å². The molecule has 2 N–H and O–H groups in total. The van der Waals surface area contributed by atoms with E-state index in [-0.39, 0.29) is 23.8 Å². The fourth-order valence-electron chi connectivity index (χ4n) is 3.65. The van der Waals surface area contributed by atoms with Crippen LogP contribution in [0.3, 0.4) is 0 Å². The molecule has 0 saturated heterocycles. The van der Waals surface area contributed by atoms with Crippen LogP contribution < -0.4 is 5.32 Å². The Morgan fingerprint density at radius 1 is 1.39 bits per heavy atom. The van der Waals surface area contributed by atoms with E-state index in [0.29, 0.717) is 35.6 Å². The van der Waals surface area contributed by atoms with Gasteiger partial charge in [-0.2, -0.15) is 0 Å². The Morgan fingerprint density at radius 2 is 2.25 bits per heavy atom. The number of halogens is 1. The van der Waals surface area contributed by atoms with Crippen molar-refractivity contribution < 1.29 is 14.3 Å². The van der Waals surface area contributed by atoms with Crippen LogP contribution in [0.4, 0.5) is 10.3 Å². The first-order chi connectivity index (χ1) is 13.5. The summed E-state index contributed by atoms with van der Waals surface area (Å²) in [5.41, 5.74) is 1.79. The molecular formula is C20H21FN4O2S. The molecule has 0 spiro atoms. The lowest BCUT2D eigenvalue weighted by Gasteiger charge is -2.15. The van der Waals surface area contributed by atoms with Crippen molar-refractivity contribution in [2.75, 3.05) is 5.32 Å². The average molecular weight is 400 g/mol. The largest absolute Gasteiger partial charge is 0.393 e. The number of aromatic nitrogens is 3. The van der Waals surface area contributed by atoms with Crippen molar-refractivity contribution >= 4 is 33.3 Å². The number of pyridine rings is 1. The molecule has 8 heteroatoms. The third-order valence-corrected chi connectivity index (χ3v) is 6.04. The van der Waals surface area contributed by atoms with Crippen LogP contribution in [0.2, 0.25) is 0 Å². The number of Topliss-reactive ketones (excluding diaryl/α,β-unsaturated/α-hetero) is 1. The fraction of sp³-hybridized carbons (Fsp3) is 0.400. The minimum absolute atomic E-state index is 0.0305. The quantitative estimate of drug-likeness (QED) is 0.605. The maximum absolute atomic E-state index is 13.4. The molecule has 1 aliphatic rings. The SMILES string of the molecule is C[C@H](Nc1nc(C(=O)CC2CC[C@H](O)C2)c2sccc2n1)c1cncc(F)c1. The molecule has 0 bridgehead atoms. The molecule has 28 heavy (non-hydrogen) atoms. The number of carbonyl (C=O) groups is 1. The van der Waals surface area contributed by atoms with Crippen LogP contribution in [0.1, 0.15) is 54.7 Å². The molecule has 1 unspecified atom stereocenters. The normalized spacial score (nSPS) is 20.4. The summed E-state index contributed by atoms with van der Waals surface area (Å²) in [5, 5.41) is 14.8. The van der Waals surface area contributed by atoms with Gasteiger partial charge in [0.2, 0.25) is 5.95 Å². The highest BCUT2D eigenvalue weighted by Crippen LogP contribution is 2.31. The molecular weight excluding hydrogens is 379 g/mol. The Kier molecular flexibility index (Phi) is 5.32. The van der Waals surface area contributed by atoms with Crippen molar-refractivity contribution in [1.29, 1.82) is 0 Å². The van der Waals surface area contributed by atoms with Crippen molar-refractivity contribution in [1.82, 2.24) is 15.0 Å². The molecule has 3 aromatic rings. The highest BCUT2D eigenvalue weighted by Gasteiger charge is 2.27. The lowest BCUT2D eigenvalue weighted by Crippen LogP contribution is -2.14. The van der Waals surface area contributed by atoms with Crippen LogP contribution >= 0.6 is 11.3 Å². The summed E-state index contributed by atoms with van der Waals surface area (Å²) >= 11 is 1.44. The van der Waals surface area contributed by atoms with Crippen LogP contribution in [0.5, 0.6) is 0 Å². The predicted octanol–water partition coefficient (Wildman–Crippen LogP) is 4.13. The van der Waals surface area contributed by atoms with Crippen LogP contribution in [0.15, 0.2) is 29.9 Å². The molecule has 1 saturated carbocycles. The van der Waals surface area contributed by atoms with E-state index >= 15 is 0 Å². The van der Waals surface area contributed by atoms with Gasteiger partial charge >= 0.3 is 0 Å². The van der Waals surface area contributed by atoms with E-state index in [2.05, 4.69) is 20.3 Å². The number of anilines is 1. The Bertz CT molecular complexity index is 1010. The second kappa shape index (κ2) is 7.89. The standard InChI is InChI=1S/C20H21FN4O2S/c1-11(13-8-14(21)10-22-9-13)23-20-24-16-4-5-28-19(16)18(25-20)17(27)7-12-2-3-15(26)6-12/h4-5,8-12,15,26H,2-3,6-7H2,1H3,(H,23,24,25)/t11-,12?,15-/m0/s1. The van der Waals surface area contributed by atoms with Gasteiger partial charge in [0.15, 0.2) is 5.78 Å². The first-order valence-electron chi connectivity index (χ1n) is 9.33. The molecule has 1 aliphatic carbocycles. The summed E-state index contributed by atoms with van der Waals surface area (Å²) in [7, 11) is 0. The molecule has 3 heterocycles. The first-order valence-corrected chi connectivity index (χ1v) is 10.2. The molecule has 146 valence electrons. The van der Waals surface area contributed by atoms with Gasteiger partial charge in [0.05, 0.1) is 28.6 Å². The average Bonchev–Trinajstić information content (AvgIpc) is 3.29. The summed E-state index contributed by atoms with van der Waals surface area (Å²) in [4.78, 5) is 25.8. The van der Waals surface area contributed by atoms with Gasteiger partial charge in [-0.15, -0.1) is 11.3 Å². The number of nitrogens with zero attached hydrogens (tertiary/aromatic N) is 3. The number of carbonyl (C=O) groups excluding carboxylic acids is 1. The zero-order valence-corrected chi connectivity index (χ0v) is 16.2. The third-order valence-electron chi connectivity index (χ3n) is 5.13. The number of thiophene rings is 1. The zero-order chi connectivity index (χ0) is 19.7. The Labute approximate surface area is 165 Å². The number of hydrogen-bond acceptors (Lipinski definition) is 7. The van der Waals surface area contributed by atoms with Gasteiger partial charge in [-0.05, 0) is 55.2 Å².